The van der Waals surface area contributed by atoms with Crippen molar-refractivity contribution in [2.24, 2.45) is 0 Å². The highest BCUT2D eigenvalue weighted by molar-refractivity contribution is 5.97. The molecule has 1 aliphatic rings. The summed E-state index contributed by atoms with van der Waals surface area (Å²) in [5, 5.41) is 15.2. The number of nitrogens with zero attached hydrogens (tertiary/aromatic N) is 5. The van der Waals surface area contributed by atoms with Crippen molar-refractivity contribution < 1.29 is 4.79 Å². The van der Waals surface area contributed by atoms with Crippen LogP contribution in [-0.2, 0) is 6.54 Å². The first-order chi connectivity index (χ1) is 11.6. The molecule has 7 nitrogen and oxygen atoms in total. The molecule has 0 saturated carbocycles. The number of benzene rings is 1. The first kappa shape index (κ1) is 14.9. The van der Waals surface area contributed by atoms with Gasteiger partial charge in [0, 0.05) is 17.8 Å². The number of aromatic nitrogens is 5. The number of likely N-dealkylation sites (tertiary alicyclic amines) is 1. The van der Waals surface area contributed by atoms with Gasteiger partial charge in [-0.15, -0.1) is 0 Å². The van der Waals surface area contributed by atoms with Crippen LogP contribution in [0.25, 0.3) is 11.0 Å². The zero-order valence-electron chi connectivity index (χ0n) is 13.9. The second kappa shape index (κ2) is 5.74. The van der Waals surface area contributed by atoms with Gasteiger partial charge >= 0.3 is 0 Å². The van der Waals surface area contributed by atoms with Gasteiger partial charge in [-0.2, -0.15) is 20.5 Å². The fourth-order valence-electron chi connectivity index (χ4n) is 3.49. The summed E-state index contributed by atoms with van der Waals surface area (Å²) in [5.74, 6) is 0.0592. The summed E-state index contributed by atoms with van der Waals surface area (Å²) in [7, 11) is 0. The molecule has 1 amide bonds. The first-order valence-corrected chi connectivity index (χ1v) is 8.24. The number of nitrogens with one attached hydrogen (secondary N) is 1. The average Bonchev–Trinajstić information content (AvgIpc) is 3.27. The van der Waals surface area contributed by atoms with Crippen molar-refractivity contribution in [2.75, 3.05) is 6.54 Å². The standard InChI is InChI=1S/C17H20N6O/c1-11-8-12(2)23(20-11)10-14-4-3-7-22(14)17(24)13-5-6-15-16(9-13)19-21-18-15/h5-6,8-9,14H,3-4,7,10H2,1-2H3,(H,18,19,21)/t14-/m0/s1. The Kier molecular flexibility index (Phi) is 3.55. The number of carbonyl (C=O) groups is 1. The van der Waals surface area contributed by atoms with Crippen molar-refractivity contribution in [3.8, 4) is 0 Å². The first-order valence-electron chi connectivity index (χ1n) is 8.24. The molecule has 1 atom stereocenters. The van der Waals surface area contributed by atoms with Crippen LogP contribution in [-0.4, -0.2) is 48.6 Å². The van der Waals surface area contributed by atoms with Crippen LogP contribution in [0.4, 0.5) is 0 Å². The molecular weight excluding hydrogens is 304 g/mol. The Morgan fingerprint density at radius 2 is 2.08 bits per heavy atom. The zero-order chi connectivity index (χ0) is 16.7. The Bertz CT molecular complexity index is 896. The van der Waals surface area contributed by atoms with Gasteiger partial charge < -0.3 is 4.90 Å². The number of amides is 1. The van der Waals surface area contributed by atoms with Gasteiger partial charge in [-0.1, -0.05) is 0 Å². The molecule has 1 saturated heterocycles. The summed E-state index contributed by atoms with van der Waals surface area (Å²) < 4.78 is 2.01. The number of carbonyl (C=O) groups excluding carboxylic acids is 1. The number of rotatable bonds is 3. The van der Waals surface area contributed by atoms with Gasteiger partial charge in [0.1, 0.15) is 11.0 Å². The third-order valence-corrected chi connectivity index (χ3v) is 4.69. The predicted octanol–water partition coefficient (Wildman–Crippen LogP) is 2.08. The molecule has 0 radical (unpaired) electrons. The van der Waals surface area contributed by atoms with Gasteiger partial charge in [-0.05, 0) is 51.0 Å². The lowest BCUT2D eigenvalue weighted by atomic mass is 10.1. The second-order valence-electron chi connectivity index (χ2n) is 6.43. The summed E-state index contributed by atoms with van der Waals surface area (Å²) in [5.41, 5.74) is 4.30. The SMILES string of the molecule is Cc1cc(C)n(C[C@@H]2CCCN2C(=O)c2ccc3n[nH]nc3c2)n1. The van der Waals surface area contributed by atoms with Gasteiger partial charge in [-0.25, -0.2) is 0 Å². The fourth-order valence-corrected chi connectivity index (χ4v) is 3.49. The number of aromatic amines is 1. The Morgan fingerprint density at radius 3 is 2.88 bits per heavy atom. The number of H-pyrrole nitrogens is 1. The third-order valence-electron chi connectivity index (χ3n) is 4.69. The van der Waals surface area contributed by atoms with Crippen molar-refractivity contribution in [3.05, 3.63) is 41.2 Å². The molecule has 3 aromatic rings. The normalized spacial score (nSPS) is 17.8. The molecule has 0 unspecified atom stereocenters. The van der Waals surface area contributed by atoms with Gasteiger partial charge in [0.15, 0.2) is 0 Å². The minimum Gasteiger partial charge on any atom is -0.334 e. The molecule has 1 aromatic carbocycles. The zero-order valence-corrected chi connectivity index (χ0v) is 13.9. The molecule has 124 valence electrons. The highest BCUT2D eigenvalue weighted by Gasteiger charge is 2.30. The smallest absolute Gasteiger partial charge is 0.254 e. The van der Waals surface area contributed by atoms with Crippen molar-refractivity contribution in [2.45, 2.75) is 39.3 Å². The second-order valence-corrected chi connectivity index (χ2v) is 6.43. The van der Waals surface area contributed by atoms with Crippen molar-refractivity contribution in [1.29, 1.82) is 0 Å². The Labute approximate surface area is 139 Å². The molecule has 24 heavy (non-hydrogen) atoms. The van der Waals surface area contributed by atoms with Crippen LogP contribution < -0.4 is 0 Å². The Morgan fingerprint density at radius 1 is 1.25 bits per heavy atom. The van der Waals surface area contributed by atoms with E-state index in [1.807, 2.05) is 28.6 Å². The highest BCUT2D eigenvalue weighted by Crippen LogP contribution is 2.23. The van der Waals surface area contributed by atoms with Crippen molar-refractivity contribution >= 4 is 16.9 Å². The molecule has 2 aromatic heterocycles. The average molecular weight is 324 g/mol. The van der Waals surface area contributed by atoms with E-state index in [0.717, 1.165) is 48.4 Å². The maximum absolute atomic E-state index is 12.9. The number of fused-ring (bicyclic) bond motifs is 1. The van der Waals surface area contributed by atoms with Crippen LogP contribution in [0.5, 0.6) is 0 Å². The molecular formula is C17H20N6O. The number of hydrogen-bond donors (Lipinski definition) is 1. The van der Waals surface area contributed by atoms with Gasteiger partial charge in [0.05, 0.1) is 18.3 Å². The van der Waals surface area contributed by atoms with E-state index in [9.17, 15) is 4.79 Å². The minimum absolute atomic E-state index is 0.0592. The van der Waals surface area contributed by atoms with Crippen molar-refractivity contribution in [3.63, 3.8) is 0 Å². The highest BCUT2D eigenvalue weighted by atomic mass is 16.2. The van der Waals surface area contributed by atoms with E-state index in [1.165, 1.54) is 0 Å². The largest absolute Gasteiger partial charge is 0.334 e. The Hall–Kier alpha value is -2.70. The summed E-state index contributed by atoms with van der Waals surface area (Å²) in [6.45, 7) is 5.59. The van der Waals surface area contributed by atoms with E-state index in [2.05, 4.69) is 33.5 Å². The van der Waals surface area contributed by atoms with E-state index >= 15 is 0 Å². The van der Waals surface area contributed by atoms with E-state index in [4.69, 9.17) is 0 Å². The summed E-state index contributed by atoms with van der Waals surface area (Å²) in [6, 6.07) is 7.72. The lowest BCUT2D eigenvalue weighted by Gasteiger charge is -2.25. The molecule has 1 aliphatic heterocycles. The molecule has 7 heteroatoms. The fraction of sp³-hybridized carbons (Fsp3) is 0.412. The molecule has 4 rings (SSSR count). The Balaban J connectivity index is 1.57. The lowest BCUT2D eigenvalue weighted by molar-refractivity contribution is 0.0721. The molecule has 0 aliphatic carbocycles. The quantitative estimate of drug-likeness (QED) is 0.800. The monoisotopic (exact) mass is 324 g/mol. The molecule has 1 N–H and O–H groups in total. The minimum atomic E-state index is 0.0592. The van der Waals surface area contributed by atoms with Gasteiger partial charge in [0.2, 0.25) is 0 Å². The maximum atomic E-state index is 12.9. The van der Waals surface area contributed by atoms with Crippen LogP contribution in [0.3, 0.4) is 0 Å². The summed E-state index contributed by atoms with van der Waals surface area (Å²) in [6.07, 6.45) is 2.04. The maximum Gasteiger partial charge on any atom is 0.254 e. The van der Waals surface area contributed by atoms with Crippen LogP contribution in [0, 0.1) is 13.8 Å². The van der Waals surface area contributed by atoms with Crippen LogP contribution in [0.15, 0.2) is 24.3 Å². The van der Waals surface area contributed by atoms with E-state index < -0.39 is 0 Å². The van der Waals surface area contributed by atoms with E-state index in [0.29, 0.717) is 5.56 Å². The number of hydrogen-bond acceptors (Lipinski definition) is 4. The summed E-state index contributed by atoms with van der Waals surface area (Å²) in [4.78, 5) is 14.9. The molecule has 3 heterocycles. The van der Waals surface area contributed by atoms with Crippen LogP contribution in [0.1, 0.15) is 34.6 Å². The van der Waals surface area contributed by atoms with Crippen LogP contribution >= 0.6 is 0 Å². The molecule has 1 fully saturated rings. The van der Waals surface area contributed by atoms with Gasteiger partial charge in [-0.3, -0.25) is 9.48 Å². The van der Waals surface area contributed by atoms with Gasteiger partial charge in [0.25, 0.3) is 5.91 Å². The molecule has 0 spiro atoms. The summed E-state index contributed by atoms with van der Waals surface area (Å²) >= 11 is 0. The third kappa shape index (κ3) is 2.55. The topological polar surface area (TPSA) is 79.7 Å². The van der Waals surface area contributed by atoms with Crippen molar-refractivity contribution in [1.82, 2.24) is 30.1 Å². The van der Waals surface area contributed by atoms with E-state index in [1.54, 1.807) is 6.07 Å². The van der Waals surface area contributed by atoms with Crippen LogP contribution in [0.2, 0.25) is 0 Å². The molecule has 0 bridgehead atoms. The lowest BCUT2D eigenvalue weighted by Crippen LogP contribution is -2.38. The predicted molar refractivity (Wildman–Crippen MR) is 89.6 cm³/mol. The number of aryl methyl sites for hydroxylation is 2. The van der Waals surface area contributed by atoms with E-state index in [-0.39, 0.29) is 11.9 Å².